The second kappa shape index (κ2) is 7.69. The van der Waals surface area contributed by atoms with E-state index >= 15 is 0 Å². The molecule has 0 bridgehead atoms. The normalized spacial score (nSPS) is 22.5. The first-order valence-electron chi connectivity index (χ1n) is 8.05. The standard InChI is InChI=1S/C18H26FNO/c1-14-5-3-6-17(13-14)20(2)12-4-7-18(21)15-8-10-16(19)11-9-15/h8-11,14,17H,3-7,12-13H2,1-2H3. The van der Waals surface area contributed by atoms with E-state index in [-0.39, 0.29) is 11.6 Å². The fraction of sp³-hybridized carbons (Fsp3) is 0.611. The van der Waals surface area contributed by atoms with Crippen LogP contribution >= 0.6 is 0 Å². The van der Waals surface area contributed by atoms with Crippen LogP contribution in [0.2, 0.25) is 0 Å². The third kappa shape index (κ3) is 4.92. The van der Waals surface area contributed by atoms with Crippen LogP contribution in [0.15, 0.2) is 24.3 Å². The van der Waals surface area contributed by atoms with Gasteiger partial charge in [0.05, 0.1) is 0 Å². The molecule has 1 aliphatic carbocycles. The Kier molecular flexibility index (Phi) is 5.92. The first-order valence-corrected chi connectivity index (χ1v) is 8.05. The lowest BCUT2D eigenvalue weighted by Crippen LogP contribution is -2.36. The first kappa shape index (κ1) is 16.2. The molecule has 1 aliphatic rings. The molecule has 2 unspecified atom stereocenters. The quantitative estimate of drug-likeness (QED) is 0.728. The molecule has 1 fully saturated rings. The number of ketones is 1. The molecule has 2 rings (SSSR count). The van der Waals surface area contributed by atoms with Crippen molar-refractivity contribution < 1.29 is 9.18 Å². The van der Waals surface area contributed by atoms with Gasteiger partial charge in [-0.1, -0.05) is 19.8 Å². The van der Waals surface area contributed by atoms with E-state index < -0.39 is 0 Å². The van der Waals surface area contributed by atoms with Gasteiger partial charge >= 0.3 is 0 Å². The molecule has 116 valence electrons. The number of hydrogen-bond donors (Lipinski definition) is 0. The van der Waals surface area contributed by atoms with Crippen molar-refractivity contribution >= 4 is 5.78 Å². The Hall–Kier alpha value is -1.22. The highest BCUT2D eigenvalue weighted by Gasteiger charge is 2.22. The van der Waals surface area contributed by atoms with Crippen LogP contribution in [0.25, 0.3) is 0 Å². The second-order valence-corrected chi connectivity index (χ2v) is 6.44. The van der Waals surface area contributed by atoms with Gasteiger partial charge in [-0.2, -0.15) is 0 Å². The van der Waals surface area contributed by atoms with Crippen LogP contribution in [-0.4, -0.2) is 30.3 Å². The number of Topliss-reactive ketones (excluding diaryl/α,β-unsaturated/α-hetero) is 1. The maximum Gasteiger partial charge on any atom is 0.162 e. The average molecular weight is 291 g/mol. The summed E-state index contributed by atoms with van der Waals surface area (Å²) in [6.07, 6.45) is 6.66. The second-order valence-electron chi connectivity index (χ2n) is 6.44. The number of hydrogen-bond acceptors (Lipinski definition) is 2. The van der Waals surface area contributed by atoms with E-state index in [1.165, 1.54) is 37.8 Å². The topological polar surface area (TPSA) is 20.3 Å². The van der Waals surface area contributed by atoms with E-state index in [4.69, 9.17) is 0 Å². The van der Waals surface area contributed by atoms with Gasteiger partial charge in [0.2, 0.25) is 0 Å². The largest absolute Gasteiger partial charge is 0.303 e. The predicted molar refractivity (Wildman–Crippen MR) is 84.0 cm³/mol. The van der Waals surface area contributed by atoms with E-state index in [2.05, 4.69) is 18.9 Å². The molecule has 0 amide bonds. The Balaban J connectivity index is 1.73. The van der Waals surface area contributed by atoms with Gasteiger partial charge in [-0.05, 0) is 63.0 Å². The summed E-state index contributed by atoms with van der Waals surface area (Å²) in [6, 6.07) is 6.52. The summed E-state index contributed by atoms with van der Waals surface area (Å²) >= 11 is 0. The zero-order valence-electron chi connectivity index (χ0n) is 13.1. The van der Waals surface area contributed by atoms with Crippen molar-refractivity contribution in [2.24, 2.45) is 5.92 Å². The van der Waals surface area contributed by atoms with E-state index in [1.54, 1.807) is 12.1 Å². The summed E-state index contributed by atoms with van der Waals surface area (Å²) in [4.78, 5) is 14.4. The summed E-state index contributed by atoms with van der Waals surface area (Å²) in [5.74, 6) is 0.644. The molecule has 2 atom stereocenters. The Morgan fingerprint density at radius 3 is 2.67 bits per heavy atom. The summed E-state index contributed by atoms with van der Waals surface area (Å²) in [6.45, 7) is 3.29. The lowest BCUT2D eigenvalue weighted by Gasteiger charge is -2.34. The number of rotatable bonds is 6. The third-order valence-electron chi connectivity index (χ3n) is 4.61. The molecule has 0 saturated heterocycles. The van der Waals surface area contributed by atoms with Crippen molar-refractivity contribution in [3.8, 4) is 0 Å². The number of carbonyl (C=O) groups excluding carboxylic acids is 1. The zero-order chi connectivity index (χ0) is 15.2. The van der Waals surface area contributed by atoms with Crippen molar-refractivity contribution in [3.05, 3.63) is 35.6 Å². The molecule has 21 heavy (non-hydrogen) atoms. The maximum atomic E-state index is 12.8. The number of benzene rings is 1. The van der Waals surface area contributed by atoms with Crippen molar-refractivity contribution in [2.45, 2.75) is 51.5 Å². The monoisotopic (exact) mass is 291 g/mol. The molecule has 1 aromatic rings. The van der Waals surface area contributed by atoms with Crippen LogP contribution < -0.4 is 0 Å². The highest BCUT2D eigenvalue weighted by Crippen LogP contribution is 2.26. The fourth-order valence-electron chi connectivity index (χ4n) is 3.25. The van der Waals surface area contributed by atoms with Crippen LogP contribution in [0.5, 0.6) is 0 Å². The molecule has 1 aromatic carbocycles. The van der Waals surface area contributed by atoms with Crippen LogP contribution in [0.3, 0.4) is 0 Å². The fourth-order valence-corrected chi connectivity index (χ4v) is 3.25. The van der Waals surface area contributed by atoms with Crippen LogP contribution in [0, 0.1) is 11.7 Å². The minimum atomic E-state index is -0.294. The van der Waals surface area contributed by atoms with Gasteiger partial charge in [0.15, 0.2) is 5.78 Å². The Morgan fingerprint density at radius 2 is 2.00 bits per heavy atom. The molecule has 3 heteroatoms. The van der Waals surface area contributed by atoms with E-state index in [0.29, 0.717) is 18.0 Å². The van der Waals surface area contributed by atoms with Gasteiger partial charge in [0, 0.05) is 18.0 Å². The van der Waals surface area contributed by atoms with E-state index in [9.17, 15) is 9.18 Å². The molecular formula is C18H26FNO. The third-order valence-corrected chi connectivity index (χ3v) is 4.61. The summed E-state index contributed by atoms with van der Waals surface area (Å²) in [5.41, 5.74) is 0.616. The minimum Gasteiger partial charge on any atom is -0.303 e. The van der Waals surface area contributed by atoms with Crippen molar-refractivity contribution in [2.75, 3.05) is 13.6 Å². The minimum absolute atomic E-state index is 0.111. The van der Waals surface area contributed by atoms with Crippen LogP contribution in [0.1, 0.15) is 55.8 Å². The van der Waals surface area contributed by atoms with Crippen LogP contribution in [0.4, 0.5) is 4.39 Å². The summed E-state index contributed by atoms with van der Waals surface area (Å²) in [5, 5.41) is 0. The van der Waals surface area contributed by atoms with Gasteiger partial charge in [-0.3, -0.25) is 4.79 Å². The molecule has 2 nitrogen and oxygen atoms in total. The molecule has 1 saturated carbocycles. The summed E-state index contributed by atoms with van der Waals surface area (Å²) < 4.78 is 12.8. The molecule has 0 N–H and O–H groups in total. The van der Waals surface area contributed by atoms with Gasteiger partial charge in [0.1, 0.15) is 5.82 Å². The number of nitrogens with zero attached hydrogens (tertiary/aromatic N) is 1. The molecule has 0 heterocycles. The average Bonchev–Trinajstić information content (AvgIpc) is 2.47. The van der Waals surface area contributed by atoms with Gasteiger partial charge < -0.3 is 4.90 Å². The summed E-state index contributed by atoms with van der Waals surface area (Å²) in [7, 11) is 2.17. The van der Waals surface area contributed by atoms with Crippen molar-refractivity contribution in [1.29, 1.82) is 0 Å². The highest BCUT2D eigenvalue weighted by molar-refractivity contribution is 5.95. The lowest BCUT2D eigenvalue weighted by atomic mass is 9.86. The van der Waals surface area contributed by atoms with Gasteiger partial charge in [-0.15, -0.1) is 0 Å². The molecule has 0 spiro atoms. The Labute approximate surface area is 127 Å². The Morgan fingerprint density at radius 1 is 1.29 bits per heavy atom. The SMILES string of the molecule is CC1CCCC(N(C)CCCC(=O)c2ccc(F)cc2)C1. The van der Waals surface area contributed by atoms with Crippen molar-refractivity contribution in [3.63, 3.8) is 0 Å². The molecule has 0 aromatic heterocycles. The predicted octanol–water partition coefficient (Wildman–Crippen LogP) is 4.30. The van der Waals surface area contributed by atoms with E-state index in [0.717, 1.165) is 18.9 Å². The zero-order valence-corrected chi connectivity index (χ0v) is 13.1. The number of halogens is 1. The maximum absolute atomic E-state index is 12.8. The lowest BCUT2D eigenvalue weighted by molar-refractivity contribution is 0.0968. The smallest absolute Gasteiger partial charge is 0.162 e. The Bertz CT molecular complexity index is 457. The van der Waals surface area contributed by atoms with Gasteiger partial charge in [0.25, 0.3) is 0 Å². The number of carbonyl (C=O) groups is 1. The molecular weight excluding hydrogens is 265 g/mol. The molecule has 0 radical (unpaired) electrons. The van der Waals surface area contributed by atoms with Crippen molar-refractivity contribution in [1.82, 2.24) is 4.90 Å². The molecule has 0 aliphatic heterocycles. The van der Waals surface area contributed by atoms with Crippen LogP contribution in [-0.2, 0) is 0 Å². The first-order chi connectivity index (χ1) is 10.1. The van der Waals surface area contributed by atoms with E-state index in [1.807, 2.05) is 0 Å². The highest BCUT2D eigenvalue weighted by atomic mass is 19.1. The van der Waals surface area contributed by atoms with Gasteiger partial charge in [-0.25, -0.2) is 4.39 Å².